The van der Waals surface area contributed by atoms with E-state index >= 15 is 0 Å². The average Bonchev–Trinajstić information content (AvgIpc) is 3.62. The maximum atomic E-state index is 13.7. The molecule has 0 saturated heterocycles. The highest BCUT2D eigenvalue weighted by atomic mass is 16.6. The molecule has 0 heterocycles. The van der Waals surface area contributed by atoms with Crippen LogP contribution in [0.5, 0.6) is 5.75 Å². The number of nitrogens with one attached hydrogen (secondary N) is 3. The number of anilines is 1. The third-order valence-corrected chi connectivity index (χ3v) is 12.3. The molecule has 0 bridgehead atoms. The number of aliphatic hydroxyl groups excluding tert-OH is 1. The fourth-order valence-electron chi connectivity index (χ4n) is 8.24. The molecule has 434 valence electrons. The second-order valence-corrected chi connectivity index (χ2v) is 18.2. The highest BCUT2D eigenvalue weighted by Crippen LogP contribution is 2.37. The zero-order chi connectivity index (χ0) is 56.3. The monoisotopic (exact) mass is 1100 g/mol. The number of azide groups is 1. The molecule has 0 aliphatic rings. The second kappa shape index (κ2) is 42.1. The van der Waals surface area contributed by atoms with Crippen molar-refractivity contribution >= 4 is 23.3 Å². The summed E-state index contributed by atoms with van der Waals surface area (Å²) in [7, 11) is 1.65. The maximum Gasteiger partial charge on any atom is 0.246 e. The Morgan fingerprint density at radius 2 is 1.10 bits per heavy atom. The van der Waals surface area contributed by atoms with Gasteiger partial charge in [-0.1, -0.05) is 103 Å². The highest BCUT2D eigenvalue weighted by molar-refractivity contribution is 5.97. The van der Waals surface area contributed by atoms with Crippen LogP contribution in [0.25, 0.3) is 10.4 Å². The zero-order valence-electron chi connectivity index (χ0n) is 46.2. The third kappa shape index (κ3) is 27.3. The van der Waals surface area contributed by atoms with Crippen LogP contribution in [0.3, 0.4) is 0 Å². The lowest BCUT2D eigenvalue weighted by Gasteiger charge is -2.37. The van der Waals surface area contributed by atoms with Crippen molar-refractivity contribution in [2.24, 2.45) is 5.11 Å². The Balaban J connectivity index is 1.03. The molecule has 4 aromatic carbocycles. The maximum absolute atomic E-state index is 13.7. The lowest BCUT2D eigenvalue weighted by molar-refractivity contribution is -0.132. The number of Topliss-reactive ketones (excluding diaryl/α,β-unsaturated/α-hetero) is 1. The van der Waals surface area contributed by atoms with Crippen LogP contribution >= 0.6 is 0 Å². The van der Waals surface area contributed by atoms with Crippen molar-refractivity contribution in [3.8, 4) is 5.75 Å². The number of aliphatic hydroxyl groups is 1. The zero-order valence-corrected chi connectivity index (χ0v) is 46.2. The fourth-order valence-corrected chi connectivity index (χ4v) is 8.24. The first-order valence-electron chi connectivity index (χ1n) is 27.4. The van der Waals surface area contributed by atoms with E-state index in [1.165, 1.54) is 0 Å². The van der Waals surface area contributed by atoms with Crippen molar-refractivity contribution in [3.05, 3.63) is 142 Å². The Morgan fingerprint density at radius 3 is 1.59 bits per heavy atom. The molecular weight excluding hydrogens is 1020 g/mol. The number of ether oxygens (including phenoxy) is 10. The van der Waals surface area contributed by atoms with Crippen LogP contribution in [-0.4, -0.2) is 167 Å². The summed E-state index contributed by atoms with van der Waals surface area (Å²) in [4.78, 5) is 42.3. The predicted molar refractivity (Wildman–Crippen MR) is 300 cm³/mol. The van der Waals surface area contributed by atoms with Gasteiger partial charge in [0.2, 0.25) is 11.8 Å². The molecule has 4 rings (SSSR count). The molecule has 0 saturated carbocycles. The number of rotatable bonds is 48. The predicted octanol–water partition coefficient (Wildman–Crippen LogP) is 7.34. The number of nitrogens with zero attached hydrogens (tertiary/aromatic N) is 3. The molecule has 2 atom stereocenters. The molecule has 0 fully saturated rings. The van der Waals surface area contributed by atoms with Crippen molar-refractivity contribution in [1.29, 1.82) is 0 Å². The SMILES string of the molecule is CCCC(COCCOCCOCCOCCOCCOCCOCCOCCCC(=O)COCC(=O)N[C@@H](CCCCNC(c1ccccc1)(c1ccccc1)c1ccc(OC)cc1)C(=O)Nc1ccc(CO)cc1)N=[N+]=[N-]. The molecule has 20 nitrogen and oxygen atoms in total. The molecular formula is C59H84N6O14. The van der Waals surface area contributed by atoms with Gasteiger partial charge in [-0.25, -0.2) is 0 Å². The molecule has 0 radical (unpaired) electrons. The third-order valence-electron chi connectivity index (χ3n) is 12.3. The quantitative estimate of drug-likeness (QED) is 0.0111. The average molecular weight is 1100 g/mol. The lowest BCUT2D eigenvalue weighted by atomic mass is 9.77. The Morgan fingerprint density at radius 1 is 0.595 bits per heavy atom. The van der Waals surface area contributed by atoms with E-state index in [2.05, 4.69) is 62.4 Å². The summed E-state index contributed by atoms with van der Waals surface area (Å²) in [5, 5.41) is 22.8. The topological polar surface area (TPSA) is 249 Å². The van der Waals surface area contributed by atoms with Gasteiger partial charge < -0.3 is 63.1 Å². The summed E-state index contributed by atoms with van der Waals surface area (Å²) in [6.45, 7) is 8.67. The van der Waals surface area contributed by atoms with Crippen LogP contribution in [0.1, 0.15) is 74.1 Å². The van der Waals surface area contributed by atoms with Gasteiger partial charge in [0.25, 0.3) is 0 Å². The van der Waals surface area contributed by atoms with Crippen molar-refractivity contribution in [1.82, 2.24) is 10.6 Å². The standard InChI is InChI=1S/C59H84N6O14/c1-3-13-53(64-65-60)45-78-43-42-77-41-40-76-39-38-75-37-36-74-35-34-73-33-32-72-31-30-71-29-12-18-54(67)46-79-47-57(68)63-56(58(69)62-52-24-20-48(44-66)21-25-52)19-10-11-28-61-59(49-14-6-4-7-15-49,50-16-8-5-9-17-50)51-22-26-55(70-2)27-23-51/h4-9,14-17,20-27,53,56,61,66H,3,10-13,18-19,28-47H2,1-2H3,(H,62,69)(H,63,68)/t53?,56-/m0/s1. The number of amides is 2. The minimum Gasteiger partial charge on any atom is -0.497 e. The molecule has 0 aliphatic heterocycles. The van der Waals surface area contributed by atoms with Crippen LogP contribution in [0, 0.1) is 0 Å². The fraction of sp³-hybridized carbons (Fsp3) is 0.542. The Kier molecular flexibility index (Phi) is 35.0. The number of unbranched alkanes of at least 4 members (excludes halogenated alkanes) is 1. The van der Waals surface area contributed by atoms with E-state index in [0.29, 0.717) is 149 Å². The van der Waals surface area contributed by atoms with Gasteiger partial charge in [-0.15, -0.1) is 0 Å². The number of carbonyl (C=O) groups is 3. The molecule has 79 heavy (non-hydrogen) atoms. The minimum atomic E-state index is -0.887. The summed E-state index contributed by atoms with van der Waals surface area (Å²) in [6, 6.07) is 34.4. The summed E-state index contributed by atoms with van der Waals surface area (Å²) in [6.07, 6.45) is 4.04. The molecule has 4 aromatic rings. The largest absolute Gasteiger partial charge is 0.497 e. The highest BCUT2D eigenvalue weighted by Gasteiger charge is 2.36. The summed E-state index contributed by atoms with van der Waals surface area (Å²) < 4.78 is 55.2. The van der Waals surface area contributed by atoms with Gasteiger partial charge in [0.1, 0.15) is 25.0 Å². The van der Waals surface area contributed by atoms with Crippen LogP contribution in [-0.2, 0) is 69.2 Å². The van der Waals surface area contributed by atoms with E-state index in [-0.39, 0.29) is 31.5 Å². The number of ketones is 1. The minimum absolute atomic E-state index is 0.127. The van der Waals surface area contributed by atoms with E-state index in [1.807, 2.05) is 55.5 Å². The van der Waals surface area contributed by atoms with Gasteiger partial charge in [-0.3, -0.25) is 19.7 Å². The molecule has 0 aromatic heterocycles. The first-order chi connectivity index (χ1) is 38.8. The van der Waals surface area contributed by atoms with Gasteiger partial charge in [0, 0.05) is 23.6 Å². The number of methoxy groups -OCH3 is 1. The van der Waals surface area contributed by atoms with Crippen molar-refractivity contribution < 1.29 is 66.9 Å². The van der Waals surface area contributed by atoms with Gasteiger partial charge in [0.15, 0.2) is 5.78 Å². The Hall–Kier alpha value is -5.84. The van der Waals surface area contributed by atoms with Crippen molar-refractivity contribution in [2.75, 3.05) is 138 Å². The molecule has 0 spiro atoms. The first-order valence-corrected chi connectivity index (χ1v) is 27.4. The Bertz CT molecular complexity index is 2220. The van der Waals surface area contributed by atoms with E-state index in [1.54, 1.807) is 31.4 Å². The molecule has 0 aliphatic carbocycles. The van der Waals surface area contributed by atoms with Gasteiger partial charge in [-0.05, 0) is 90.7 Å². The van der Waals surface area contributed by atoms with Crippen molar-refractivity contribution in [3.63, 3.8) is 0 Å². The van der Waals surface area contributed by atoms with Gasteiger partial charge >= 0.3 is 0 Å². The molecule has 2 amide bonds. The van der Waals surface area contributed by atoms with E-state index in [4.69, 9.17) is 52.9 Å². The smallest absolute Gasteiger partial charge is 0.246 e. The number of benzene rings is 4. The number of carbonyl (C=O) groups excluding carboxylic acids is 3. The summed E-state index contributed by atoms with van der Waals surface area (Å²) in [5.41, 5.74) is 12.3. The van der Waals surface area contributed by atoms with Gasteiger partial charge in [-0.2, -0.15) is 0 Å². The summed E-state index contributed by atoms with van der Waals surface area (Å²) >= 11 is 0. The van der Waals surface area contributed by atoms with Crippen molar-refractivity contribution in [2.45, 2.75) is 76.1 Å². The van der Waals surface area contributed by atoms with Gasteiger partial charge in [0.05, 0.1) is 124 Å². The van der Waals surface area contributed by atoms with Crippen LogP contribution < -0.4 is 20.7 Å². The lowest BCUT2D eigenvalue weighted by Crippen LogP contribution is -2.46. The van der Waals surface area contributed by atoms with Crippen LogP contribution in [0.2, 0.25) is 0 Å². The normalized spacial score (nSPS) is 12.1. The van der Waals surface area contributed by atoms with E-state index in [9.17, 15) is 19.5 Å². The second-order valence-electron chi connectivity index (χ2n) is 18.2. The van der Waals surface area contributed by atoms with Crippen LogP contribution in [0.4, 0.5) is 5.69 Å². The molecule has 20 heteroatoms. The summed E-state index contributed by atoms with van der Waals surface area (Å²) in [5.74, 6) is -0.329. The van der Waals surface area contributed by atoms with Crippen LogP contribution in [0.15, 0.2) is 114 Å². The number of hydrogen-bond acceptors (Lipinski definition) is 16. The van der Waals surface area contributed by atoms with E-state index in [0.717, 1.165) is 35.3 Å². The van der Waals surface area contributed by atoms with E-state index < -0.39 is 30.0 Å². The molecule has 1 unspecified atom stereocenters. The molecule has 4 N–H and O–H groups in total. The number of hydrogen-bond donors (Lipinski definition) is 4. The first kappa shape index (κ1) is 65.7. The Labute approximate surface area is 466 Å².